The van der Waals surface area contributed by atoms with Crippen LogP contribution in [0.4, 0.5) is 0 Å². The molecule has 0 aliphatic carbocycles. The Morgan fingerprint density at radius 3 is 2.75 bits per heavy atom. The Balaban J connectivity index is 2.66. The molecule has 0 saturated heterocycles. The molecule has 0 fully saturated rings. The summed E-state index contributed by atoms with van der Waals surface area (Å²) in [5.74, 6) is 5.74. The Bertz CT molecular complexity index is 586. The van der Waals surface area contributed by atoms with Crippen LogP contribution >= 0.6 is 0 Å². The van der Waals surface area contributed by atoms with Gasteiger partial charge in [-0.25, -0.2) is 0 Å². The lowest BCUT2D eigenvalue weighted by Crippen LogP contribution is -2.39. The molecule has 0 saturated carbocycles. The maximum Gasteiger partial charge on any atom is 0.277 e. The van der Waals surface area contributed by atoms with E-state index in [9.17, 15) is 8.42 Å². The first-order valence-corrected chi connectivity index (χ1v) is 7.87. The van der Waals surface area contributed by atoms with Crippen LogP contribution < -0.4 is 9.44 Å². The Morgan fingerprint density at radius 1 is 1.35 bits per heavy atom. The molecule has 0 bridgehead atoms. The minimum Gasteiger partial charge on any atom is -0.395 e. The highest BCUT2D eigenvalue weighted by Crippen LogP contribution is 2.04. The number of hydrogen-bond acceptors (Lipinski definition) is 3. The van der Waals surface area contributed by atoms with E-state index in [2.05, 4.69) is 21.3 Å². The van der Waals surface area contributed by atoms with Crippen molar-refractivity contribution in [3.05, 3.63) is 35.4 Å². The number of aliphatic hydroxyl groups excluding tert-OH is 1. The molecule has 6 heteroatoms. The van der Waals surface area contributed by atoms with Crippen molar-refractivity contribution in [2.24, 2.45) is 0 Å². The normalized spacial score (nSPS) is 11.2. The van der Waals surface area contributed by atoms with Crippen LogP contribution in [-0.2, 0) is 16.8 Å². The summed E-state index contributed by atoms with van der Waals surface area (Å²) in [4.78, 5) is 0. The number of aliphatic hydroxyl groups is 1. The van der Waals surface area contributed by atoms with Gasteiger partial charge in [0, 0.05) is 24.6 Å². The summed E-state index contributed by atoms with van der Waals surface area (Å²) in [5.41, 5.74) is 1.63. The van der Waals surface area contributed by atoms with Gasteiger partial charge in [0.15, 0.2) is 0 Å². The first-order valence-electron chi connectivity index (χ1n) is 6.38. The number of benzene rings is 1. The van der Waals surface area contributed by atoms with Crippen molar-refractivity contribution in [1.29, 1.82) is 0 Å². The van der Waals surface area contributed by atoms with E-state index < -0.39 is 10.2 Å². The summed E-state index contributed by atoms with van der Waals surface area (Å²) in [6, 6.07) is 7.16. The molecule has 1 rings (SSSR count). The number of hydrogen-bond donors (Lipinski definition) is 3. The summed E-state index contributed by atoms with van der Waals surface area (Å²) >= 11 is 0. The van der Waals surface area contributed by atoms with Gasteiger partial charge in [-0.3, -0.25) is 0 Å². The minimum atomic E-state index is -3.48. The Kier molecular flexibility index (Phi) is 6.68. The second kappa shape index (κ2) is 8.02. The fraction of sp³-hybridized carbons (Fsp3) is 0.429. The van der Waals surface area contributed by atoms with Gasteiger partial charge in [0.25, 0.3) is 10.2 Å². The third-order valence-corrected chi connectivity index (χ3v) is 3.56. The molecule has 0 heterocycles. The van der Waals surface area contributed by atoms with Crippen LogP contribution in [0.1, 0.15) is 31.4 Å². The van der Waals surface area contributed by atoms with Crippen molar-refractivity contribution in [3.63, 3.8) is 0 Å². The molecule has 0 amide bonds. The zero-order valence-electron chi connectivity index (χ0n) is 11.7. The van der Waals surface area contributed by atoms with Crippen molar-refractivity contribution in [3.8, 4) is 11.8 Å². The zero-order valence-corrected chi connectivity index (χ0v) is 12.5. The molecule has 5 nitrogen and oxygen atoms in total. The fourth-order valence-corrected chi connectivity index (χ4v) is 2.57. The first kappa shape index (κ1) is 16.7. The van der Waals surface area contributed by atoms with E-state index in [0.717, 1.165) is 11.1 Å². The summed E-state index contributed by atoms with van der Waals surface area (Å²) < 4.78 is 28.2. The standard InChI is InChI=1S/C14H20N2O3S/c1-12(2)16-20(18,19)15-11-14-8-5-7-13(10-14)6-3-4-9-17/h5,7-8,10,12,15-17H,4,9,11H2,1-2H3. The van der Waals surface area contributed by atoms with Crippen molar-refractivity contribution >= 4 is 10.2 Å². The van der Waals surface area contributed by atoms with Gasteiger partial charge >= 0.3 is 0 Å². The van der Waals surface area contributed by atoms with Gasteiger partial charge in [0.1, 0.15) is 0 Å². The first-order chi connectivity index (χ1) is 9.43. The summed E-state index contributed by atoms with van der Waals surface area (Å²) in [7, 11) is -3.48. The second-order valence-corrected chi connectivity index (χ2v) is 6.10. The predicted octanol–water partition coefficient (Wildman–Crippen LogP) is 0.753. The van der Waals surface area contributed by atoms with E-state index in [-0.39, 0.29) is 19.2 Å². The second-order valence-electron chi connectivity index (χ2n) is 4.57. The van der Waals surface area contributed by atoms with Crippen LogP contribution in [0, 0.1) is 11.8 Å². The average Bonchev–Trinajstić information content (AvgIpc) is 2.36. The fourth-order valence-electron chi connectivity index (χ4n) is 1.51. The van der Waals surface area contributed by atoms with Crippen LogP contribution in [0.2, 0.25) is 0 Å². The topological polar surface area (TPSA) is 78.4 Å². The molecule has 3 N–H and O–H groups in total. The molecule has 0 aliphatic heterocycles. The molecule has 110 valence electrons. The van der Waals surface area contributed by atoms with Crippen LogP contribution in [-0.4, -0.2) is 26.2 Å². The van der Waals surface area contributed by atoms with Crippen LogP contribution in [0.5, 0.6) is 0 Å². The van der Waals surface area contributed by atoms with Crippen molar-refractivity contribution < 1.29 is 13.5 Å². The summed E-state index contributed by atoms with van der Waals surface area (Å²) in [6.07, 6.45) is 0.426. The van der Waals surface area contributed by atoms with Gasteiger partial charge in [0.2, 0.25) is 0 Å². The Labute approximate surface area is 120 Å². The molecule has 0 unspecified atom stereocenters. The minimum absolute atomic E-state index is 0.0351. The zero-order chi connectivity index (χ0) is 15.0. The van der Waals surface area contributed by atoms with Crippen molar-refractivity contribution in [1.82, 2.24) is 9.44 Å². The van der Waals surface area contributed by atoms with Gasteiger partial charge in [-0.1, -0.05) is 24.0 Å². The largest absolute Gasteiger partial charge is 0.395 e. The van der Waals surface area contributed by atoms with E-state index >= 15 is 0 Å². The van der Waals surface area contributed by atoms with Gasteiger partial charge in [-0.15, -0.1) is 0 Å². The Morgan fingerprint density at radius 2 is 2.10 bits per heavy atom. The highest BCUT2D eigenvalue weighted by molar-refractivity contribution is 7.87. The van der Waals surface area contributed by atoms with E-state index in [1.54, 1.807) is 13.8 Å². The number of rotatable bonds is 6. The SMILES string of the molecule is CC(C)NS(=O)(=O)NCc1cccc(C#CCCO)c1. The smallest absolute Gasteiger partial charge is 0.277 e. The number of nitrogens with one attached hydrogen (secondary N) is 2. The molecular formula is C14H20N2O3S. The molecule has 0 radical (unpaired) electrons. The van der Waals surface area contributed by atoms with Gasteiger partial charge < -0.3 is 5.11 Å². The summed E-state index contributed by atoms with van der Waals surface area (Å²) in [6.45, 7) is 3.76. The third kappa shape index (κ3) is 6.68. The monoisotopic (exact) mass is 296 g/mol. The Hall–Kier alpha value is -1.39. The average molecular weight is 296 g/mol. The molecule has 1 aromatic rings. The van der Waals surface area contributed by atoms with E-state index in [1.165, 1.54) is 0 Å². The maximum absolute atomic E-state index is 11.6. The van der Waals surface area contributed by atoms with Crippen LogP contribution in [0.25, 0.3) is 0 Å². The molecule has 0 spiro atoms. The van der Waals surface area contributed by atoms with E-state index in [0.29, 0.717) is 6.42 Å². The third-order valence-electron chi connectivity index (χ3n) is 2.25. The quantitative estimate of drug-likeness (QED) is 0.678. The van der Waals surface area contributed by atoms with Crippen molar-refractivity contribution in [2.45, 2.75) is 32.9 Å². The predicted molar refractivity (Wildman–Crippen MR) is 79.1 cm³/mol. The molecule has 20 heavy (non-hydrogen) atoms. The lowest BCUT2D eigenvalue weighted by Gasteiger charge is -2.10. The molecular weight excluding hydrogens is 276 g/mol. The highest BCUT2D eigenvalue weighted by Gasteiger charge is 2.10. The molecule has 1 aromatic carbocycles. The van der Waals surface area contributed by atoms with Gasteiger partial charge in [-0.05, 0) is 31.5 Å². The maximum atomic E-state index is 11.6. The molecule has 0 aliphatic rings. The van der Waals surface area contributed by atoms with Crippen LogP contribution in [0.3, 0.4) is 0 Å². The van der Waals surface area contributed by atoms with E-state index in [1.807, 2.05) is 24.3 Å². The van der Waals surface area contributed by atoms with Gasteiger partial charge in [-0.2, -0.15) is 17.9 Å². The van der Waals surface area contributed by atoms with Gasteiger partial charge in [0.05, 0.1) is 6.61 Å². The molecule has 0 aromatic heterocycles. The lowest BCUT2D eigenvalue weighted by molar-refractivity contribution is 0.305. The summed E-state index contributed by atoms with van der Waals surface area (Å²) in [5, 5.41) is 8.66. The molecule has 0 atom stereocenters. The van der Waals surface area contributed by atoms with Crippen LogP contribution in [0.15, 0.2) is 24.3 Å². The lowest BCUT2D eigenvalue weighted by atomic mass is 10.1. The van der Waals surface area contributed by atoms with Crippen molar-refractivity contribution in [2.75, 3.05) is 6.61 Å². The highest BCUT2D eigenvalue weighted by atomic mass is 32.2. The van der Waals surface area contributed by atoms with E-state index in [4.69, 9.17) is 5.11 Å².